The van der Waals surface area contributed by atoms with Gasteiger partial charge in [0.25, 0.3) is 5.56 Å². The summed E-state index contributed by atoms with van der Waals surface area (Å²) in [7, 11) is 0. The SMILES string of the molecule is CCc1c(C(C)(C)C)n(C(C)C)[nH]c1=O. The van der Waals surface area contributed by atoms with Crippen molar-refractivity contribution in [3.05, 3.63) is 21.6 Å². The summed E-state index contributed by atoms with van der Waals surface area (Å²) < 4.78 is 2.00. The van der Waals surface area contributed by atoms with Gasteiger partial charge in [-0.2, -0.15) is 0 Å². The van der Waals surface area contributed by atoms with Gasteiger partial charge in [-0.3, -0.25) is 14.6 Å². The number of nitrogens with one attached hydrogen (secondary N) is 1. The molecule has 1 aromatic rings. The second kappa shape index (κ2) is 3.87. The van der Waals surface area contributed by atoms with Crippen LogP contribution >= 0.6 is 0 Å². The van der Waals surface area contributed by atoms with E-state index in [0.717, 1.165) is 17.7 Å². The first kappa shape index (κ1) is 12.1. The molecule has 0 bridgehead atoms. The van der Waals surface area contributed by atoms with Gasteiger partial charge in [-0.05, 0) is 20.3 Å². The van der Waals surface area contributed by atoms with E-state index >= 15 is 0 Å². The predicted octanol–water partition coefficient (Wildman–Crippen LogP) is 2.62. The molecule has 0 spiro atoms. The topological polar surface area (TPSA) is 37.8 Å². The maximum Gasteiger partial charge on any atom is 0.267 e. The highest BCUT2D eigenvalue weighted by atomic mass is 16.1. The Morgan fingerprint density at radius 3 is 2.20 bits per heavy atom. The zero-order valence-corrected chi connectivity index (χ0v) is 10.6. The first-order chi connectivity index (χ1) is 6.79. The summed E-state index contributed by atoms with van der Waals surface area (Å²) in [6, 6.07) is 0.298. The Morgan fingerprint density at radius 2 is 1.87 bits per heavy atom. The number of rotatable bonds is 2. The van der Waals surface area contributed by atoms with Crippen LogP contribution in [-0.2, 0) is 11.8 Å². The Kier molecular flexibility index (Phi) is 3.12. The van der Waals surface area contributed by atoms with Gasteiger partial charge in [0.05, 0.1) is 0 Å². The number of H-pyrrole nitrogens is 1. The molecule has 15 heavy (non-hydrogen) atoms. The van der Waals surface area contributed by atoms with Crippen LogP contribution in [0.2, 0.25) is 0 Å². The van der Waals surface area contributed by atoms with Gasteiger partial charge in [0.2, 0.25) is 0 Å². The van der Waals surface area contributed by atoms with E-state index in [-0.39, 0.29) is 11.0 Å². The molecule has 0 atom stereocenters. The van der Waals surface area contributed by atoms with Crippen molar-refractivity contribution in [3.63, 3.8) is 0 Å². The minimum atomic E-state index is 0.00870. The molecule has 0 saturated carbocycles. The molecule has 3 heteroatoms. The molecular weight excluding hydrogens is 188 g/mol. The number of aromatic nitrogens is 2. The van der Waals surface area contributed by atoms with E-state index in [1.807, 2.05) is 11.6 Å². The van der Waals surface area contributed by atoms with E-state index in [1.54, 1.807) is 0 Å². The fraction of sp³-hybridized carbons (Fsp3) is 0.750. The molecule has 0 aliphatic rings. The summed E-state index contributed by atoms with van der Waals surface area (Å²) in [4.78, 5) is 11.8. The first-order valence-corrected chi connectivity index (χ1v) is 5.62. The Bertz CT molecular complexity index is 391. The van der Waals surface area contributed by atoms with E-state index in [2.05, 4.69) is 39.7 Å². The lowest BCUT2D eigenvalue weighted by Gasteiger charge is -2.24. The number of nitrogens with zero attached hydrogens (tertiary/aromatic N) is 1. The lowest BCUT2D eigenvalue weighted by atomic mass is 9.88. The highest BCUT2D eigenvalue weighted by Gasteiger charge is 2.25. The Balaban J connectivity index is 3.50. The molecule has 0 radical (unpaired) electrons. The van der Waals surface area contributed by atoms with Gasteiger partial charge in [0.15, 0.2) is 0 Å². The van der Waals surface area contributed by atoms with Gasteiger partial charge in [-0.25, -0.2) is 0 Å². The van der Waals surface area contributed by atoms with E-state index in [0.29, 0.717) is 6.04 Å². The second-order valence-electron chi connectivity index (χ2n) is 5.34. The fourth-order valence-electron chi connectivity index (χ4n) is 2.02. The molecule has 0 aliphatic heterocycles. The van der Waals surface area contributed by atoms with Crippen LogP contribution in [0.25, 0.3) is 0 Å². The molecule has 0 amide bonds. The smallest absolute Gasteiger partial charge is 0.267 e. The quantitative estimate of drug-likeness (QED) is 0.800. The minimum Gasteiger partial charge on any atom is -0.286 e. The summed E-state index contributed by atoms with van der Waals surface area (Å²) in [5.41, 5.74) is 2.15. The maximum absolute atomic E-state index is 11.8. The van der Waals surface area contributed by atoms with Crippen LogP contribution in [-0.4, -0.2) is 9.78 Å². The molecule has 0 aliphatic carbocycles. The van der Waals surface area contributed by atoms with E-state index in [9.17, 15) is 4.79 Å². The minimum absolute atomic E-state index is 0.00870. The molecule has 0 saturated heterocycles. The third-order valence-corrected chi connectivity index (χ3v) is 2.60. The Morgan fingerprint density at radius 1 is 1.33 bits per heavy atom. The van der Waals surface area contributed by atoms with Crippen LogP contribution in [0.15, 0.2) is 4.79 Å². The fourth-order valence-corrected chi connectivity index (χ4v) is 2.02. The van der Waals surface area contributed by atoms with Gasteiger partial charge in [-0.15, -0.1) is 0 Å². The summed E-state index contributed by atoms with van der Waals surface area (Å²) in [5.74, 6) is 0. The van der Waals surface area contributed by atoms with Crippen LogP contribution in [0, 0.1) is 0 Å². The maximum atomic E-state index is 11.8. The molecule has 0 unspecified atom stereocenters. The number of hydrogen-bond donors (Lipinski definition) is 1. The normalized spacial score (nSPS) is 12.5. The van der Waals surface area contributed by atoms with Crippen molar-refractivity contribution in [3.8, 4) is 0 Å². The van der Waals surface area contributed by atoms with Gasteiger partial charge >= 0.3 is 0 Å². The molecule has 1 N–H and O–H groups in total. The second-order valence-corrected chi connectivity index (χ2v) is 5.34. The van der Waals surface area contributed by atoms with Crippen LogP contribution in [0.3, 0.4) is 0 Å². The lowest BCUT2D eigenvalue weighted by Crippen LogP contribution is -2.21. The first-order valence-electron chi connectivity index (χ1n) is 5.62. The van der Waals surface area contributed by atoms with Crippen molar-refractivity contribution >= 4 is 0 Å². The highest BCUT2D eigenvalue weighted by Crippen LogP contribution is 2.26. The number of aromatic amines is 1. The summed E-state index contributed by atoms with van der Waals surface area (Å²) >= 11 is 0. The van der Waals surface area contributed by atoms with Gasteiger partial charge in [0.1, 0.15) is 0 Å². The highest BCUT2D eigenvalue weighted by molar-refractivity contribution is 5.25. The molecular formula is C12H22N2O. The van der Waals surface area contributed by atoms with Crippen molar-refractivity contribution in [1.82, 2.24) is 9.78 Å². The Hall–Kier alpha value is -0.990. The third-order valence-electron chi connectivity index (χ3n) is 2.60. The molecule has 1 aromatic heterocycles. The molecule has 86 valence electrons. The van der Waals surface area contributed by atoms with Crippen LogP contribution in [0.5, 0.6) is 0 Å². The van der Waals surface area contributed by atoms with Gasteiger partial charge < -0.3 is 0 Å². The molecule has 0 fully saturated rings. The molecule has 0 aromatic carbocycles. The summed E-state index contributed by atoms with van der Waals surface area (Å²) in [6.45, 7) is 12.6. The van der Waals surface area contributed by atoms with Crippen LogP contribution in [0.4, 0.5) is 0 Å². The summed E-state index contributed by atoms with van der Waals surface area (Å²) in [5, 5.41) is 2.93. The lowest BCUT2D eigenvalue weighted by molar-refractivity contribution is 0.442. The average Bonchev–Trinajstić information content (AvgIpc) is 2.41. The van der Waals surface area contributed by atoms with Crippen molar-refractivity contribution < 1.29 is 0 Å². The zero-order valence-electron chi connectivity index (χ0n) is 10.6. The monoisotopic (exact) mass is 210 g/mol. The van der Waals surface area contributed by atoms with Gasteiger partial charge in [0, 0.05) is 22.7 Å². The predicted molar refractivity (Wildman–Crippen MR) is 63.5 cm³/mol. The van der Waals surface area contributed by atoms with Crippen molar-refractivity contribution in [2.75, 3.05) is 0 Å². The third kappa shape index (κ3) is 2.16. The average molecular weight is 210 g/mol. The van der Waals surface area contributed by atoms with Crippen molar-refractivity contribution in [1.29, 1.82) is 0 Å². The summed E-state index contributed by atoms with van der Waals surface area (Å²) in [6.07, 6.45) is 0.793. The largest absolute Gasteiger partial charge is 0.286 e. The van der Waals surface area contributed by atoms with E-state index < -0.39 is 0 Å². The Labute approximate surface area is 91.5 Å². The van der Waals surface area contributed by atoms with Gasteiger partial charge in [-0.1, -0.05) is 27.7 Å². The zero-order chi connectivity index (χ0) is 11.8. The van der Waals surface area contributed by atoms with Crippen LogP contribution in [0.1, 0.15) is 58.8 Å². The van der Waals surface area contributed by atoms with E-state index in [4.69, 9.17) is 0 Å². The van der Waals surface area contributed by atoms with E-state index in [1.165, 1.54) is 0 Å². The molecule has 1 rings (SSSR count). The van der Waals surface area contributed by atoms with Crippen molar-refractivity contribution in [2.45, 2.75) is 59.4 Å². The van der Waals surface area contributed by atoms with Crippen LogP contribution < -0.4 is 5.56 Å². The molecule has 3 nitrogen and oxygen atoms in total. The van der Waals surface area contributed by atoms with Crippen molar-refractivity contribution in [2.24, 2.45) is 0 Å². The standard InChI is InChI=1S/C12H22N2O/c1-7-9-10(12(4,5)6)14(8(2)3)13-11(9)15/h8H,7H2,1-6H3,(H,13,15). The number of hydrogen-bond acceptors (Lipinski definition) is 1. The molecule has 1 heterocycles.